The summed E-state index contributed by atoms with van der Waals surface area (Å²) in [4.78, 5) is 3.97. The Morgan fingerprint density at radius 3 is 2.89 bits per heavy atom. The van der Waals surface area contributed by atoms with Crippen molar-refractivity contribution in [1.82, 2.24) is 4.98 Å². The third-order valence-corrected chi connectivity index (χ3v) is 4.12. The molecule has 2 rings (SSSR count). The van der Waals surface area contributed by atoms with Gasteiger partial charge in [0.25, 0.3) is 0 Å². The number of hydrogen-bond acceptors (Lipinski definition) is 4. The van der Waals surface area contributed by atoms with Crippen LogP contribution in [0.4, 0.5) is 5.69 Å². The molecule has 0 fully saturated rings. The SMILES string of the molecule is CC(C#N)S(=O)(=O)Nc1cccc2cnccc12. The third kappa shape index (κ3) is 2.26. The predicted molar refractivity (Wildman–Crippen MR) is 69.4 cm³/mol. The van der Waals surface area contributed by atoms with Gasteiger partial charge in [0.15, 0.2) is 5.25 Å². The lowest BCUT2D eigenvalue weighted by Crippen LogP contribution is -2.23. The van der Waals surface area contributed by atoms with E-state index in [0.29, 0.717) is 5.69 Å². The molecule has 1 unspecified atom stereocenters. The molecular formula is C12H11N3O2S. The Bertz CT molecular complexity index is 714. The Hall–Kier alpha value is -2.13. The summed E-state index contributed by atoms with van der Waals surface area (Å²) in [6, 6.07) is 8.67. The lowest BCUT2D eigenvalue weighted by atomic mass is 10.1. The summed E-state index contributed by atoms with van der Waals surface area (Å²) in [5, 5.41) is 9.17. The highest BCUT2D eigenvalue weighted by Crippen LogP contribution is 2.23. The van der Waals surface area contributed by atoms with Crippen molar-refractivity contribution in [2.24, 2.45) is 0 Å². The molecule has 6 heteroatoms. The topological polar surface area (TPSA) is 82.8 Å². The number of nitrogens with zero attached hydrogens (tertiary/aromatic N) is 2. The van der Waals surface area contributed by atoms with Gasteiger partial charge in [-0.15, -0.1) is 0 Å². The van der Waals surface area contributed by atoms with Gasteiger partial charge in [0, 0.05) is 23.2 Å². The highest BCUT2D eigenvalue weighted by molar-refractivity contribution is 7.93. The zero-order valence-electron chi connectivity index (χ0n) is 9.66. The maximum Gasteiger partial charge on any atom is 0.248 e. The van der Waals surface area contributed by atoms with Crippen LogP contribution in [-0.2, 0) is 10.0 Å². The average Bonchev–Trinajstić information content (AvgIpc) is 2.38. The fourth-order valence-corrected chi connectivity index (χ4v) is 2.32. The Balaban J connectivity index is 2.48. The first-order valence-corrected chi connectivity index (χ1v) is 6.83. The zero-order valence-corrected chi connectivity index (χ0v) is 10.5. The van der Waals surface area contributed by atoms with Crippen molar-refractivity contribution in [3.8, 4) is 6.07 Å². The van der Waals surface area contributed by atoms with E-state index in [4.69, 9.17) is 5.26 Å². The normalized spacial score (nSPS) is 12.9. The molecule has 2 aromatic rings. The van der Waals surface area contributed by atoms with Crippen LogP contribution < -0.4 is 4.72 Å². The summed E-state index contributed by atoms with van der Waals surface area (Å²) >= 11 is 0. The van der Waals surface area contributed by atoms with Gasteiger partial charge >= 0.3 is 0 Å². The molecule has 1 aromatic carbocycles. The Labute approximate surface area is 105 Å². The van der Waals surface area contributed by atoms with Gasteiger partial charge in [-0.3, -0.25) is 9.71 Å². The first-order chi connectivity index (χ1) is 8.54. The standard InChI is InChI=1S/C12H11N3O2S/c1-9(7-13)18(16,17)15-12-4-2-3-10-8-14-6-5-11(10)12/h2-6,8-9,15H,1H3. The number of rotatable bonds is 3. The van der Waals surface area contributed by atoms with Crippen molar-refractivity contribution in [3.05, 3.63) is 36.7 Å². The molecule has 1 aromatic heterocycles. The molecule has 1 heterocycles. The fourth-order valence-electron chi connectivity index (χ4n) is 1.52. The van der Waals surface area contributed by atoms with E-state index in [-0.39, 0.29) is 0 Å². The maximum absolute atomic E-state index is 11.8. The van der Waals surface area contributed by atoms with Crippen LogP contribution in [0.15, 0.2) is 36.7 Å². The van der Waals surface area contributed by atoms with Gasteiger partial charge in [-0.1, -0.05) is 12.1 Å². The molecule has 0 spiro atoms. The van der Waals surface area contributed by atoms with E-state index in [1.807, 2.05) is 6.07 Å². The van der Waals surface area contributed by atoms with E-state index in [0.717, 1.165) is 10.8 Å². The van der Waals surface area contributed by atoms with Gasteiger partial charge in [0.05, 0.1) is 11.8 Å². The minimum Gasteiger partial charge on any atom is -0.282 e. The van der Waals surface area contributed by atoms with Crippen LogP contribution in [0.5, 0.6) is 0 Å². The zero-order chi connectivity index (χ0) is 13.2. The molecule has 92 valence electrons. The van der Waals surface area contributed by atoms with Crippen LogP contribution in [0.1, 0.15) is 6.92 Å². The highest BCUT2D eigenvalue weighted by Gasteiger charge is 2.20. The Morgan fingerprint density at radius 2 is 2.17 bits per heavy atom. The van der Waals surface area contributed by atoms with Crippen LogP contribution in [0.3, 0.4) is 0 Å². The molecule has 0 amide bonds. The number of fused-ring (bicyclic) bond motifs is 1. The lowest BCUT2D eigenvalue weighted by Gasteiger charge is -2.11. The van der Waals surface area contributed by atoms with E-state index in [9.17, 15) is 8.42 Å². The molecule has 1 N–H and O–H groups in total. The number of anilines is 1. The van der Waals surface area contributed by atoms with E-state index in [1.165, 1.54) is 6.92 Å². The summed E-state index contributed by atoms with van der Waals surface area (Å²) in [6.45, 7) is 1.34. The predicted octanol–water partition coefficient (Wildman–Crippen LogP) is 1.89. The van der Waals surface area contributed by atoms with Gasteiger partial charge in [-0.05, 0) is 19.1 Å². The van der Waals surface area contributed by atoms with Crippen molar-refractivity contribution < 1.29 is 8.42 Å². The van der Waals surface area contributed by atoms with Gasteiger partial charge in [0.2, 0.25) is 10.0 Å². The van der Waals surface area contributed by atoms with Gasteiger partial charge in [-0.25, -0.2) is 8.42 Å². The van der Waals surface area contributed by atoms with E-state index in [2.05, 4.69) is 9.71 Å². The summed E-state index contributed by atoms with van der Waals surface area (Å²) in [7, 11) is -3.69. The van der Waals surface area contributed by atoms with Gasteiger partial charge in [0.1, 0.15) is 0 Å². The molecule has 5 nitrogen and oxygen atoms in total. The third-order valence-electron chi connectivity index (χ3n) is 2.58. The van der Waals surface area contributed by atoms with Crippen molar-refractivity contribution in [2.75, 3.05) is 4.72 Å². The second-order valence-corrected chi connectivity index (χ2v) is 5.82. The van der Waals surface area contributed by atoms with Gasteiger partial charge < -0.3 is 0 Å². The van der Waals surface area contributed by atoms with Crippen LogP contribution in [0.2, 0.25) is 0 Å². The van der Waals surface area contributed by atoms with E-state index in [1.54, 1.807) is 36.7 Å². The van der Waals surface area contributed by atoms with Crippen LogP contribution >= 0.6 is 0 Å². The number of sulfonamides is 1. The largest absolute Gasteiger partial charge is 0.282 e. The minimum absolute atomic E-state index is 0.456. The van der Waals surface area contributed by atoms with Crippen molar-refractivity contribution in [2.45, 2.75) is 12.2 Å². The number of hydrogen-bond donors (Lipinski definition) is 1. The molecular weight excluding hydrogens is 250 g/mol. The smallest absolute Gasteiger partial charge is 0.248 e. The quantitative estimate of drug-likeness (QED) is 0.914. The fraction of sp³-hybridized carbons (Fsp3) is 0.167. The number of nitriles is 1. The van der Waals surface area contributed by atoms with Crippen LogP contribution in [0, 0.1) is 11.3 Å². The molecule has 0 radical (unpaired) electrons. The number of aromatic nitrogens is 1. The molecule has 1 atom stereocenters. The second-order valence-electron chi connectivity index (χ2n) is 3.82. The summed E-state index contributed by atoms with van der Waals surface area (Å²) in [5.74, 6) is 0. The summed E-state index contributed by atoms with van der Waals surface area (Å²) < 4.78 is 26.1. The molecule has 0 bridgehead atoms. The van der Waals surface area contributed by atoms with Crippen molar-refractivity contribution in [1.29, 1.82) is 5.26 Å². The second kappa shape index (κ2) is 4.63. The average molecular weight is 261 g/mol. The maximum atomic E-state index is 11.8. The Kier molecular flexibility index (Phi) is 3.17. The van der Waals surface area contributed by atoms with E-state index < -0.39 is 15.3 Å². The number of nitrogens with one attached hydrogen (secondary N) is 1. The first-order valence-electron chi connectivity index (χ1n) is 5.28. The molecule has 0 aliphatic heterocycles. The molecule has 0 saturated heterocycles. The van der Waals surface area contributed by atoms with E-state index >= 15 is 0 Å². The Morgan fingerprint density at radius 1 is 1.39 bits per heavy atom. The monoisotopic (exact) mass is 261 g/mol. The summed E-state index contributed by atoms with van der Waals surface area (Å²) in [5.41, 5.74) is 0.456. The number of pyridine rings is 1. The lowest BCUT2D eigenvalue weighted by molar-refractivity contribution is 0.597. The van der Waals surface area contributed by atoms with Crippen LogP contribution in [-0.4, -0.2) is 18.7 Å². The van der Waals surface area contributed by atoms with Gasteiger partial charge in [-0.2, -0.15) is 5.26 Å². The van der Waals surface area contributed by atoms with Crippen LogP contribution in [0.25, 0.3) is 10.8 Å². The molecule has 18 heavy (non-hydrogen) atoms. The first kappa shape index (κ1) is 12.3. The minimum atomic E-state index is -3.69. The van der Waals surface area contributed by atoms with Crippen molar-refractivity contribution >= 4 is 26.5 Å². The van der Waals surface area contributed by atoms with Crippen molar-refractivity contribution in [3.63, 3.8) is 0 Å². The molecule has 0 aliphatic rings. The number of benzene rings is 1. The highest BCUT2D eigenvalue weighted by atomic mass is 32.2. The summed E-state index contributed by atoms with van der Waals surface area (Å²) in [6.07, 6.45) is 3.24. The molecule has 0 saturated carbocycles. The molecule has 0 aliphatic carbocycles.